The van der Waals surface area contributed by atoms with Crippen molar-refractivity contribution >= 4 is 17.5 Å². The number of anilines is 1. The second-order valence-electron chi connectivity index (χ2n) is 8.65. The van der Waals surface area contributed by atoms with Crippen LogP contribution in [0.1, 0.15) is 49.3 Å². The molecule has 9 heteroatoms. The van der Waals surface area contributed by atoms with E-state index >= 15 is 0 Å². The van der Waals surface area contributed by atoms with Gasteiger partial charge < -0.3 is 26.0 Å². The number of pyridine rings is 1. The molecule has 1 heterocycles. The Morgan fingerprint density at radius 2 is 1.77 bits per heavy atom. The van der Waals surface area contributed by atoms with E-state index in [1.165, 1.54) is 24.4 Å². The maximum absolute atomic E-state index is 14.5. The van der Waals surface area contributed by atoms with Gasteiger partial charge in [0.15, 0.2) is 0 Å². The van der Waals surface area contributed by atoms with Gasteiger partial charge in [0.25, 0.3) is 5.91 Å². The number of benzene rings is 1. The van der Waals surface area contributed by atoms with Crippen molar-refractivity contribution in [1.29, 1.82) is 0 Å². The number of carbonyl (C=O) groups excluding carboxylic acids is 2. The first-order chi connectivity index (χ1) is 14.4. The molecule has 31 heavy (non-hydrogen) atoms. The Labute approximate surface area is 180 Å². The number of hydrogen-bond acceptors (Lipinski definition) is 6. The number of aliphatic hydroxyl groups excluding tert-OH is 2. The predicted molar refractivity (Wildman–Crippen MR) is 113 cm³/mol. The lowest BCUT2D eigenvalue weighted by molar-refractivity contribution is -0.115. The quantitative estimate of drug-likeness (QED) is 0.432. The molecule has 2 aromatic rings. The van der Waals surface area contributed by atoms with E-state index in [9.17, 15) is 29.3 Å². The molecule has 0 fully saturated rings. The molecule has 0 saturated carbocycles. The summed E-state index contributed by atoms with van der Waals surface area (Å²) in [6.45, 7) is 6.06. The summed E-state index contributed by atoms with van der Waals surface area (Å²) in [5.41, 5.74) is -1.12. The number of hydrogen-bond donors (Lipinski definition) is 5. The summed E-state index contributed by atoms with van der Waals surface area (Å²) in [7, 11) is 0. The summed E-state index contributed by atoms with van der Waals surface area (Å²) in [5, 5.41) is 34.1. The van der Waals surface area contributed by atoms with E-state index in [0.717, 1.165) is 6.07 Å². The summed E-state index contributed by atoms with van der Waals surface area (Å²) in [6, 6.07) is 5.13. The number of nitrogens with one attached hydrogen (secondary N) is 2. The van der Waals surface area contributed by atoms with Gasteiger partial charge in [0, 0.05) is 28.4 Å². The monoisotopic (exact) mass is 433 g/mol. The summed E-state index contributed by atoms with van der Waals surface area (Å²) in [6.07, 6.45) is 0.995. The molecule has 8 nitrogen and oxygen atoms in total. The van der Waals surface area contributed by atoms with E-state index in [4.69, 9.17) is 0 Å². The van der Waals surface area contributed by atoms with Gasteiger partial charge in [-0.15, -0.1) is 0 Å². The van der Waals surface area contributed by atoms with Gasteiger partial charge in [0.1, 0.15) is 17.3 Å². The number of phenolic OH excluding ortho intramolecular Hbond substituents is 1. The Morgan fingerprint density at radius 1 is 1.10 bits per heavy atom. The average molecular weight is 433 g/mol. The molecule has 0 aliphatic rings. The summed E-state index contributed by atoms with van der Waals surface area (Å²) in [5.74, 6) is -1.96. The predicted octanol–water partition coefficient (Wildman–Crippen LogP) is 1.88. The first-order valence-electron chi connectivity index (χ1n) is 9.70. The molecule has 0 aliphatic carbocycles. The van der Waals surface area contributed by atoms with Gasteiger partial charge in [-0.05, 0) is 38.1 Å². The maximum atomic E-state index is 14.5. The molecule has 0 unspecified atom stereocenters. The normalized spacial score (nSPS) is 11.8. The van der Waals surface area contributed by atoms with Gasteiger partial charge in [-0.2, -0.15) is 0 Å². The van der Waals surface area contributed by atoms with E-state index in [1.54, 1.807) is 27.7 Å². The van der Waals surface area contributed by atoms with Crippen molar-refractivity contribution in [3.63, 3.8) is 0 Å². The van der Waals surface area contributed by atoms with Crippen molar-refractivity contribution in [2.45, 2.75) is 45.1 Å². The summed E-state index contributed by atoms with van der Waals surface area (Å²) >= 11 is 0. The van der Waals surface area contributed by atoms with Crippen LogP contribution in [-0.4, -0.2) is 50.9 Å². The van der Waals surface area contributed by atoms with Gasteiger partial charge in [0.2, 0.25) is 5.91 Å². The molecule has 0 aliphatic heterocycles. The molecule has 0 radical (unpaired) electrons. The van der Waals surface area contributed by atoms with Gasteiger partial charge in [-0.3, -0.25) is 14.6 Å². The standard InChI is InChI=1S/C22H28FN3O5/c1-21(2,11-27)15-10-16(23)13(7-18(15)29)8-19(30)25-14-5-6-24-17(9-14)20(31)26-22(3,4)12-28/h5-7,9-10,27-29H,8,11-12H2,1-4H3,(H,26,31)(H,24,25,30). The van der Waals surface area contributed by atoms with Crippen molar-refractivity contribution in [2.75, 3.05) is 18.5 Å². The second-order valence-corrected chi connectivity index (χ2v) is 8.65. The van der Waals surface area contributed by atoms with Gasteiger partial charge in [-0.1, -0.05) is 13.8 Å². The van der Waals surface area contributed by atoms with Crippen LogP contribution in [0.25, 0.3) is 0 Å². The topological polar surface area (TPSA) is 132 Å². The Hall–Kier alpha value is -3.04. The SMILES string of the molecule is CC(C)(CO)NC(=O)c1cc(NC(=O)Cc2cc(O)c(C(C)(C)CO)cc2F)ccn1. The molecular weight excluding hydrogens is 405 g/mol. The smallest absolute Gasteiger partial charge is 0.270 e. The molecule has 2 rings (SSSR count). The third kappa shape index (κ3) is 6.22. The molecule has 0 bridgehead atoms. The third-order valence-corrected chi connectivity index (χ3v) is 4.76. The maximum Gasteiger partial charge on any atom is 0.270 e. The first-order valence-corrected chi connectivity index (χ1v) is 9.70. The highest BCUT2D eigenvalue weighted by atomic mass is 19.1. The molecule has 1 aromatic carbocycles. The zero-order valence-corrected chi connectivity index (χ0v) is 18.0. The fraction of sp³-hybridized carbons (Fsp3) is 0.409. The number of rotatable bonds is 8. The Kier molecular flexibility index (Phi) is 7.35. The van der Waals surface area contributed by atoms with Crippen LogP contribution in [0.4, 0.5) is 10.1 Å². The molecule has 2 amide bonds. The van der Waals surface area contributed by atoms with Crippen LogP contribution < -0.4 is 10.6 Å². The van der Waals surface area contributed by atoms with Crippen molar-refractivity contribution in [3.05, 3.63) is 53.1 Å². The van der Waals surface area contributed by atoms with Crippen LogP contribution in [-0.2, 0) is 16.6 Å². The zero-order chi connectivity index (χ0) is 23.4. The van der Waals surface area contributed by atoms with Crippen molar-refractivity contribution in [1.82, 2.24) is 10.3 Å². The lowest BCUT2D eigenvalue weighted by atomic mass is 9.84. The highest BCUT2D eigenvalue weighted by Crippen LogP contribution is 2.33. The molecule has 5 N–H and O–H groups in total. The van der Waals surface area contributed by atoms with E-state index in [1.807, 2.05) is 0 Å². The fourth-order valence-corrected chi connectivity index (χ4v) is 2.79. The highest BCUT2D eigenvalue weighted by molar-refractivity contribution is 5.96. The third-order valence-electron chi connectivity index (χ3n) is 4.76. The van der Waals surface area contributed by atoms with E-state index in [2.05, 4.69) is 15.6 Å². The zero-order valence-electron chi connectivity index (χ0n) is 18.0. The highest BCUT2D eigenvalue weighted by Gasteiger charge is 2.25. The van der Waals surface area contributed by atoms with Crippen LogP contribution in [0.15, 0.2) is 30.5 Å². The van der Waals surface area contributed by atoms with Gasteiger partial charge in [0.05, 0.1) is 25.2 Å². The first kappa shape index (κ1) is 24.2. The molecule has 0 atom stereocenters. The lowest BCUT2D eigenvalue weighted by Gasteiger charge is -2.24. The van der Waals surface area contributed by atoms with E-state index < -0.39 is 28.6 Å². The largest absolute Gasteiger partial charge is 0.508 e. The van der Waals surface area contributed by atoms with Crippen molar-refractivity contribution in [3.8, 4) is 5.75 Å². The van der Waals surface area contributed by atoms with Crippen LogP contribution in [0.2, 0.25) is 0 Å². The lowest BCUT2D eigenvalue weighted by Crippen LogP contribution is -2.46. The van der Waals surface area contributed by atoms with E-state index in [0.29, 0.717) is 0 Å². The van der Waals surface area contributed by atoms with Crippen molar-refractivity contribution in [2.24, 2.45) is 0 Å². The van der Waals surface area contributed by atoms with Crippen LogP contribution >= 0.6 is 0 Å². The molecule has 168 valence electrons. The minimum absolute atomic E-state index is 0.00999. The Bertz CT molecular complexity index is 976. The molecule has 0 saturated heterocycles. The minimum atomic E-state index is -0.843. The van der Waals surface area contributed by atoms with E-state index in [-0.39, 0.29) is 47.9 Å². The number of nitrogens with zero attached hydrogens (tertiary/aromatic N) is 1. The molecular formula is C22H28FN3O5. The fourth-order valence-electron chi connectivity index (χ4n) is 2.79. The second kappa shape index (κ2) is 9.40. The molecule has 0 spiro atoms. The van der Waals surface area contributed by atoms with Crippen LogP contribution in [0.5, 0.6) is 5.75 Å². The van der Waals surface area contributed by atoms with Gasteiger partial charge in [-0.25, -0.2) is 4.39 Å². The minimum Gasteiger partial charge on any atom is -0.508 e. The number of aliphatic hydroxyl groups is 2. The summed E-state index contributed by atoms with van der Waals surface area (Å²) < 4.78 is 14.5. The Balaban J connectivity index is 2.13. The van der Waals surface area contributed by atoms with Crippen molar-refractivity contribution < 1.29 is 29.3 Å². The number of amides is 2. The summed E-state index contributed by atoms with van der Waals surface area (Å²) in [4.78, 5) is 28.6. The number of phenols is 1. The van der Waals surface area contributed by atoms with Crippen LogP contribution in [0.3, 0.4) is 0 Å². The van der Waals surface area contributed by atoms with Crippen LogP contribution in [0, 0.1) is 5.82 Å². The number of carbonyl (C=O) groups is 2. The number of aromatic hydroxyl groups is 1. The Morgan fingerprint density at radius 3 is 2.39 bits per heavy atom. The van der Waals surface area contributed by atoms with Gasteiger partial charge >= 0.3 is 0 Å². The number of halogens is 1. The average Bonchev–Trinajstić information content (AvgIpc) is 2.70. The number of aromatic nitrogens is 1. The molecule has 1 aromatic heterocycles.